The highest BCUT2D eigenvalue weighted by molar-refractivity contribution is 5.71. The molecule has 0 bridgehead atoms. The summed E-state index contributed by atoms with van der Waals surface area (Å²) < 4.78 is 16.7. The molecular formula is C48H92O6. The summed E-state index contributed by atoms with van der Waals surface area (Å²) in [6.45, 7) is 11.3. The number of hydrogen-bond acceptors (Lipinski definition) is 6. The molecule has 320 valence electrons. The molecule has 0 unspecified atom stereocenters. The van der Waals surface area contributed by atoms with Gasteiger partial charge in [0.05, 0.1) is 0 Å². The van der Waals surface area contributed by atoms with Gasteiger partial charge in [-0.25, -0.2) is 0 Å². The third-order valence-corrected chi connectivity index (χ3v) is 10.7. The molecule has 0 aliphatic carbocycles. The molecule has 0 aromatic rings. The zero-order valence-electron chi connectivity index (χ0n) is 36.8. The van der Waals surface area contributed by atoms with Crippen molar-refractivity contribution in [3.63, 3.8) is 0 Å². The molecule has 6 heteroatoms. The minimum Gasteiger partial charge on any atom is -0.462 e. The maximum absolute atomic E-state index is 12.7. The van der Waals surface area contributed by atoms with Crippen LogP contribution < -0.4 is 0 Å². The molecule has 1 atom stereocenters. The third kappa shape index (κ3) is 41.6. The summed E-state index contributed by atoms with van der Waals surface area (Å²) in [5.74, 6) is 0.729. The van der Waals surface area contributed by atoms with Crippen molar-refractivity contribution in [1.82, 2.24) is 0 Å². The van der Waals surface area contributed by atoms with Gasteiger partial charge in [0, 0.05) is 19.3 Å². The van der Waals surface area contributed by atoms with Gasteiger partial charge in [-0.1, -0.05) is 221 Å². The Kier molecular flexibility index (Phi) is 39.8. The van der Waals surface area contributed by atoms with E-state index in [9.17, 15) is 14.4 Å². The van der Waals surface area contributed by atoms with Crippen LogP contribution in [0, 0.1) is 11.8 Å². The van der Waals surface area contributed by atoms with Crippen LogP contribution in [0.5, 0.6) is 0 Å². The van der Waals surface area contributed by atoms with Crippen LogP contribution in [0.3, 0.4) is 0 Å². The lowest BCUT2D eigenvalue weighted by atomic mass is 10.0. The lowest BCUT2D eigenvalue weighted by Gasteiger charge is -2.18. The number of unbranched alkanes of at least 4 members (excludes halogenated alkanes) is 27. The molecule has 6 nitrogen and oxygen atoms in total. The number of rotatable bonds is 42. The first-order valence-corrected chi connectivity index (χ1v) is 23.7. The Bertz CT molecular complexity index is 824. The fourth-order valence-electron chi connectivity index (χ4n) is 7.11. The van der Waals surface area contributed by atoms with E-state index in [2.05, 4.69) is 34.6 Å². The summed E-state index contributed by atoms with van der Waals surface area (Å²) in [6.07, 6.45) is 39.5. The third-order valence-electron chi connectivity index (χ3n) is 10.7. The van der Waals surface area contributed by atoms with E-state index < -0.39 is 6.10 Å². The van der Waals surface area contributed by atoms with E-state index in [4.69, 9.17) is 14.2 Å². The van der Waals surface area contributed by atoms with Crippen molar-refractivity contribution in [3.05, 3.63) is 0 Å². The molecule has 0 amide bonds. The molecule has 0 radical (unpaired) electrons. The largest absolute Gasteiger partial charge is 0.462 e. The van der Waals surface area contributed by atoms with Crippen LogP contribution in [-0.4, -0.2) is 37.2 Å². The van der Waals surface area contributed by atoms with E-state index in [1.54, 1.807) is 0 Å². The molecule has 54 heavy (non-hydrogen) atoms. The van der Waals surface area contributed by atoms with Crippen molar-refractivity contribution in [3.8, 4) is 0 Å². The molecule has 0 spiro atoms. The zero-order valence-corrected chi connectivity index (χ0v) is 36.8. The van der Waals surface area contributed by atoms with E-state index in [0.29, 0.717) is 19.3 Å². The molecule has 0 fully saturated rings. The zero-order chi connectivity index (χ0) is 39.7. The van der Waals surface area contributed by atoms with Crippen LogP contribution in [0.4, 0.5) is 0 Å². The molecule has 0 saturated heterocycles. The highest BCUT2D eigenvalue weighted by atomic mass is 16.6. The molecule has 0 heterocycles. The summed E-state index contributed by atoms with van der Waals surface area (Å²) in [7, 11) is 0. The SMILES string of the molecule is CCCCCCCCCCCCCCCCC(=O)OC[C@H](COC(=O)CCCCCCCCCC(C)C)OC(=O)CCCCCCCCCCCC(C)C. The smallest absolute Gasteiger partial charge is 0.306 e. The Morgan fingerprint density at radius 2 is 0.611 bits per heavy atom. The van der Waals surface area contributed by atoms with E-state index in [0.717, 1.165) is 69.6 Å². The Labute approximate surface area is 336 Å². The number of carbonyl (C=O) groups is 3. The van der Waals surface area contributed by atoms with Gasteiger partial charge in [-0.05, 0) is 31.1 Å². The minimum absolute atomic E-state index is 0.0650. The second-order valence-corrected chi connectivity index (χ2v) is 17.3. The first-order chi connectivity index (χ1) is 26.2. The van der Waals surface area contributed by atoms with Gasteiger partial charge in [0.2, 0.25) is 0 Å². The van der Waals surface area contributed by atoms with Crippen LogP contribution in [0.2, 0.25) is 0 Å². The van der Waals surface area contributed by atoms with Crippen molar-refractivity contribution in [1.29, 1.82) is 0 Å². The second-order valence-electron chi connectivity index (χ2n) is 17.3. The standard InChI is InChI=1S/C48H92O6/c1-6-7-8-9-10-11-12-13-14-15-18-23-28-33-38-46(49)52-41-45(42-53-47(50)39-34-29-25-20-22-27-32-37-44(4)5)54-48(51)40-35-30-24-19-16-17-21-26-31-36-43(2)3/h43-45H,6-42H2,1-5H3/t45-/m1/s1. The van der Waals surface area contributed by atoms with Crippen molar-refractivity contribution in [2.75, 3.05) is 13.2 Å². The summed E-state index contributed by atoms with van der Waals surface area (Å²) in [6, 6.07) is 0. The van der Waals surface area contributed by atoms with Gasteiger partial charge in [-0.15, -0.1) is 0 Å². The lowest BCUT2D eigenvalue weighted by molar-refractivity contribution is -0.167. The van der Waals surface area contributed by atoms with Crippen molar-refractivity contribution in [2.45, 2.75) is 265 Å². The van der Waals surface area contributed by atoms with Gasteiger partial charge >= 0.3 is 17.9 Å². The van der Waals surface area contributed by atoms with Crippen molar-refractivity contribution >= 4 is 17.9 Å². The Hall–Kier alpha value is -1.59. The van der Waals surface area contributed by atoms with Crippen LogP contribution >= 0.6 is 0 Å². The highest BCUT2D eigenvalue weighted by Crippen LogP contribution is 2.17. The molecule has 0 aliphatic heterocycles. The topological polar surface area (TPSA) is 78.9 Å². The normalized spacial score (nSPS) is 12.1. The minimum atomic E-state index is -0.761. The van der Waals surface area contributed by atoms with E-state index >= 15 is 0 Å². The fraction of sp³-hybridized carbons (Fsp3) is 0.938. The van der Waals surface area contributed by atoms with Gasteiger partial charge in [0.25, 0.3) is 0 Å². The molecule has 0 rings (SSSR count). The van der Waals surface area contributed by atoms with E-state index in [1.165, 1.54) is 148 Å². The van der Waals surface area contributed by atoms with Gasteiger partial charge in [0.1, 0.15) is 13.2 Å². The number of carbonyl (C=O) groups excluding carboxylic acids is 3. The summed E-state index contributed by atoms with van der Waals surface area (Å²) in [5, 5.41) is 0. The number of hydrogen-bond donors (Lipinski definition) is 0. The molecule has 0 aromatic carbocycles. The molecule has 0 aromatic heterocycles. The van der Waals surface area contributed by atoms with Crippen LogP contribution in [0.15, 0.2) is 0 Å². The quantitative estimate of drug-likeness (QED) is 0.0350. The average Bonchev–Trinajstić information content (AvgIpc) is 3.14. The van der Waals surface area contributed by atoms with Gasteiger partial charge in [-0.3, -0.25) is 14.4 Å². The molecule has 0 N–H and O–H groups in total. The first-order valence-electron chi connectivity index (χ1n) is 23.7. The van der Waals surface area contributed by atoms with Crippen LogP contribution in [-0.2, 0) is 28.6 Å². The first kappa shape index (κ1) is 52.4. The monoisotopic (exact) mass is 765 g/mol. The summed E-state index contributed by atoms with van der Waals surface area (Å²) in [4.78, 5) is 37.7. The lowest BCUT2D eigenvalue weighted by Crippen LogP contribution is -2.30. The molecule has 0 saturated carbocycles. The molecule has 0 aliphatic rings. The Morgan fingerprint density at radius 3 is 0.907 bits per heavy atom. The second kappa shape index (κ2) is 41.1. The highest BCUT2D eigenvalue weighted by Gasteiger charge is 2.19. The maximum atomic E-state index is 12.7. The van der Waals surface area contributed by atoms with Crippen molar-refractivity contribution < 1.29 is 28.6 Å². The van der Waals surface area contributed by atoms with Gasteiger partial charge in [0.15, 0.2) is 6.10 Å². The Balaban J connectivity index is 4.32. The van der Waals surface area contributed by atoms with Gasteiger partial charge in [-0.2, -0.15) is 0 Å². The van der Waals surface area contributed by atoms with Crippen LogP contribution in [0.1, 0.15) is 259 Å². The predicted molar refractivity (Wildman–Crippen MR) is 229 cm³/mol. The number of esters is 3. The van der Waals surface area contributed by atoms with E-state index in [1.807, 2.05) is 0 Å². The van der Waals surface area contributed by atoms with Gasteiger partial charge < -0.3 is 14.2 Å². The average molecular weight is 765 g/mol. The fourth-order valence-corrected chi connectivity index (χ4v) is 7.11. The Morgan fingerprint density at radius 1 is 0.352 bits per heavy atom. The van der Waals surface area contributed by atoms with E-state index in [-0.39, 0.29) is 31.1 Å². The van der Waals surface area contributed by atoms with Crippen molar-refractivity contribution in [2.24, 2.45) is 11.8 Å². The summed E-state index contributed by atoms with van der Waals surface area (Å²) in [5.41, 5.74) is 0. The van der Waals surface area contributed by atoms with Crippen LogP contribution in [0.25, 0.3) is 0 Å². The number of ether oxygens (including phenoxy) is 3. The molecular weight excluding hydrogens is 673 g/mol. The summed E-state index contributed by atoms with van der Waals surface area (Å²) >= 11 is 0. The maximum Gasteiger partial charge on any atom is 0.306 e. The predicted octanol–water partition coefficient (Wildman–Crippen LogP) is 15.0.